The van der Waals surface area contributed by atoms with E-state index < -0.39 is 0 Å². The Morgan fingerprint density at radius 1 is 0.895 bits per heavy atom. The summed E-state index contributed by atoms with van der Waals surface area (Å²) >= 11 is 0. The molecule has 0 bridgehead atoms. The van der Waals surface area contributed by atoms with Crippen LogP contribution < -0.4 is 12.4 Å². The fraction of sp³-hybridized carbons (Fsp3) is 0.647. The first-order chi connectivity index (χ1) is 8.60. The van der Waals surface area contributed by atoms with Gasteiger partial charge in [-0.25, -0.2) is 0 Å². The smallest absolute Gasteiger partial charge is 0.104 e. The van der Waals surface area contributed by atoms with Crippen LogP contribution in [0, 0.1) is 0 Å². The van der Waals surface area contributed by atoms with Crippen LogP contribution in [0.3, 0.4) is 0 Å². The normalized spacial score (nSPS) is 12.9. The molecular weight excluding hydrogens is 254 g/mol. The minimum atomic E-state index is 0. The van der Waals surface area contributed by atoms with Crippen molar-refractivity contribution >= 4 is 0 Å². The molecule has 0 aromatic heterocycles. The van der Waals surface area contributed by atoms with E-state index in [9.17, 15) is 0 Å². The summed E-state index contributed by atoms with van der Waals surface area (Å²) in [6, 6.07) is 9.29. The number of benzene rings is 1. The van der Waals surface area contributed by atoms with E-state index in [0.717, 1.165) is 0 Å². The molecule has 0 fully saturated rings. The van der Waals surface area contributed by atoms with E-state index in [-0.39, 0.29) is 12.4 Å². The molecule has 19 heavy (non-hydrogen) atoms. The van der Waals surface area contributed by atoms with E-state index in [0.29, 0.717) is 5.92 Å². The topological polar surface area (TPSA) is 0 Å². The summed E-state index contributed by atoms with van der Waals surface area (Å²) in [4.78, 5) is 0. The molecule has 1 rings (SSSR count). The van der Waals surface area contributed by atoms with Crippen LogP contribution in [-0.2, 0) is 6.54 Å². The van der Waals surface area contributed by atoms with E-state index in [4.69, 9.17) is 0 Å². The molecule has 1 nitrogen and oxygen atoms in total. The molecule has 0 radical (unpaired) electrons. The molecule has 1 aromatic carbocycles. The first kappa shape index (κ1) is 18.5. The number of hydrogen-bond acceptors (Lipinski definition) is 0. The Hall–Kier alpha value is -0.530. The summed E-state index contributed by atoms with van der Waals surface area (Å²) in [5.74, 6) is 0.682. The van der Waals surface area contributed by atoms with Crippen LogP contribution in [-0.4, -0.2) is 24.1 Å². The maximum atomic E-state index is 2.33. The van der Waals surface area contributed by atoms with Gasteiger partial charge in [-0.2, -0.15) is 0 Å². The first-order valence-corrected chi connectivity index (χ1v) is 7.54. The standard InChI is InChI=1S/C17H30N.ClH/c1-6-15(5)17-12-10-16(11-13-17)14-18(7-2,8-3)9-4;/h10-13,15H,6-9,14H2,1-5H3;1H/q+1;/p-1. The molecule has 0 aliphatic rings. The molecule has 1 unspecified atom stereocenters. The SMILES string of the molecule is CCC(C)c1ccc(C[N+](CC)(CC)CC)cc1.[Cl-]. The Morgan fingerprint density at radius 2 is 1.37 bits per heavy atom. The lowest BCUT2D eigenvalue weighted by Crippen LogP contribution is -3.00. The zero-order valence-corrected chi connectivity index (χ0v) is 14.0. The minimum absolute atomic E-state index is 0. The predicted molar refractivity (Wildman–Crippen MR) is 80.7 cm³/mol. The monoisotopic (exact) mass is 283 g/mol. The van der Waals surface area contributed by atoms with Crippen LogP contribution in [0.1, 0.15) is 58.1 Å². The third-order valence-corrected chi connectivity index (χ3v) is 4.69. The molecule has 1 atom stereocenters. The van der Waals surface area contributed by atoms with E-state index in [1.165, 1.54) is 48.2 Å². The Balaban J connectivity index is 0.00000324. The van der Waals surface area contributed by atoms with Gasteiger partial charge in [0.05, 0.1) is 19.6 Å². The fourth-order valence-corrected chi connectivity index (χ4v) is 2.58. The van der Waals surface area contributed by atoms with Gasteiger partial charge in [-0.1, -0.05) is 38.1 Å². The number of hydrogen-bond donors (Lipinski definition) is 0. The summed E-state index contributed by atoms with van der Waals surface area (Å²) < 4.78 is 1.20. The largest absolute Gasteiger partial charge is 1.00 e. The van der Waals surface area contributed by atoms with Crippen LogP contribution >= 0.6 is 0 Å². The minimum Gasteiger partial charge on any atom is -1.00 e. The van der Waals surface area contributed by atoms with Gasteiger partial charge in [0.15, 0.2) is 0 Å². The Kier molecular flexibility index (Phi) is 8.36. The second-order valence-electron chi connectivity index (χ2n) is 5.50. The lowest BCUT2D eigenvalue weighted by Gasteiger charge is -2.36. The molecule has 0 saturated carbocycles. The molecule has 2 heteroatoms. The van der Waals surface area contributed by atoms with Crippen LogP contribution in [0.25, 0.3) is 0 Å². The van der Waals surface area contributed by atoms with Crippen LogP contribution in [0.5, 0.6) is 0 Å². The van der Waals surface area contributed by atoms with Gasteiger partial charge >= 0.3 is 0 Å². The van der Waals surface area contributed by atoms with Crippen molar-refractivity contribution in [1.29, 1.82) is 0 Å². The molecule has 1 aromatic rings. The third kappa shape index (κ3) is 4.81. The highest BCUT2D eigenvalue weighted by Gasteiger charge is 2.20. The number of halogens is 1. The van der Waals surface area contributed by atoms with Crippen LogP contribution in [0.4, 0.5) is 0 Å². The highest BCUT2D eigenvalue weighted by molar-refractivity contribution is 5.24. The zero-order chi connectivity index (χ0) is 13.6. The van der Waals surface area contributed by atoms with Gasteiger partial charge in [0.25, 0.3) is 0 Å². The average molecular weight is 284 g/mol. The van der Waals surface area contributed by atoms with Gasteiger partial charge in [-0.05, 0) is 38.7 Å². The first-order valence-electron chi connectivity index (χ1n) is 7.54. The fourth-order valence-electron chi connectivity index (χ4n) is 2.58. The Labute approximate surface area is 126 Å². The van der Waals surface area contributed by atoms with Crippen LogP contribution in [0.15, 0.2) is 24.3 Å². The molecule has 0 amide bonds. The number of quaternary nitrogens is 1. The Morgan fingerprint density at radius 3 is 1.74 bits per heavy atom. The molecule has 0 heterocycles. The van der Waals surface area contributed by atoms with Crippen molar-refractivity contribution in [3.63, 3.8) is 0 Å². The molecule has 0 spiro atoms. The third-order valence-electron chi connectivity index (χ3n) is 4.69. The second kappa shape index (κ2) is 8.60. The molecular formula is C17H30ClN. The van der Waals surface area contributed by atoms with Crippen molar-refractivity contribution in [1.82, 2.24) is 0 Å². The van der Waals surface area contributed by atoms with Gasteiger partial charge in [-0.3, -0.25) is 0 Å². The van der Waals surface area contributed by atoms with Crippen molar-refractivity contribution in [3.8, 4) is 0 Å². The zero-order valence-electron chi connectivity index (χ0n) is 13.2. The van der Waals surface area contributed by atoms with Gasteiger partial charge in [-0.15, -0.1) is 0 Å². The highest BCUT2D eigenvalue weighted by atomic mass is 35.5. The van der Waals surface area contributed by atoms with Crippen molar-refractivity contribution in [3.05, 3.63) is 35.4 Å². The lowest BCUT2D eigenvalue weighted by atomic mass is 9.97. The maximum Gasteiger partial charge on any atom is 0.104 e. The van der Waals surface area contributed by atoms with Crippen molar-refractivity contribution in [2.45, 2.75) is 53.5 Å². The van der Waals surface area contributed by atoms with Crippen molar-refractivity contribution in [2.75, 3.05) is 19.6 Å². The summed E-state index contributed by atoms with van der Waals surface area (Å²) in [7, 11) is 0. The lowest BCUT2D eigenvalue weighted by molar-refractivity contribution is -0.936. The Bertz CT molecular complexity index is 333. The van der Waals surface area contributed by atoms with Crippen molar-refractivity contribution < 1.29 is 16.9 Å². The second-order valence-corrected chi connectivity index (χ2v) is 5.50. The van der Waals surface area contributed by atoms with E-state index in [1.54, 1.807) is 0 Å². The molecule has 0 N–H and O–H groups in total. The number of nitrogens with zero attached hydrogens (tertiary/aromatic N) is 1. The summed E-state index contributed by atoms with van der Waals surface area (Å²) in [5, 5.41) is 0. The predicted octanol–water partition coefficient (Wildman–Crippen LogP) is 1.58. The summed E-state index contributed by atoms with van der Waals surface area (Å²) in [6.07, 6.45) is 1.22. The van der Waals surface area contributed by atoms with Crippen molar-refractivity contribution in [2.24, 2.45) is 0 Å². The van der Waals surface area contributed by atoms with Crippen LogP contribution in [0.2, 0.25) is 0 Å². The molecule has 110 valence electrons. The maximum absolute atomic E-state index is 2.33. The van der Waals surface area contributed by atoms with Gasteiger partial charge < -0.3 is 16.9 Å². The van der Waals surface area contributed by atoms with E-state index >= 15 is 0 Å². The summed E-state index contributed by atoms with van der Waals surface area (Å²) in [5.41, 5.74) is 2.96. The molecule has 0 saturated heterocycles. The average Bonchev–Trinajstić information content (AvgIpc) is 2.45. The highest BCUT2D eigenvalue weighted by Crippen LogP contribution is 2.20. The number of rotatable bonds is 7. The molecule has 0 aliphatic carbocycles. The molecule has 0 aliphatic heterocycles. The van der Waals surface area contributed by atoms with Gasteiger partial charge in [0.2, 0.25) is 0 Å². The quantitative estimate of drug-likeness (QED) is 0.667. The van der Waals surface area contributed by atoms with Gasteiger partial charge in [0.1, 0.15) is 6.54 Å². The van der Waals surface area contributed by atoms with Gasteiger partial charge in [0, 0.05) is 5.56 Å². The van der Waals surface area contributed by atoms with E-state index in [1.807, 2.05) is 0 Å². The summed E-state index contributed by atoms with van der Waals surface area (Å²) in [6.45, 7) is 16.3. The van der Waals surface area contributed by atoms with E-state index in [2.05, 4.69) is 58.9 Å².